The second kappa shape index (κ2) is 6.80. The van der Waals surface area contributed by atoms with Gasteiger partial charge in [0.1, 0.15) is 6.61 Å². The largest absolute Gasteiger partial charge is 0.490 e. The molecule has 0 spiro atoms. The average Bonchev–Trinajstić information content (AvgIpc) is 2.46. The Kier molecular flexibility index (Phi) is 5.06. The van der Waals surface area contributed by atoms with Gasteiger partial charge in [-0.2, -0.15) is 0 Å². The molecule has 1 aromatic carbocycles. The van der Waals surface area contributed by atoms with Crippen LogP contribution in [0.2, 0.25) is 0 Å². The number of carbonyl (C=O) groups is 1. The highest BCUT2D eigenvalue weighted by Gasteiger charge is 2.46. The molecule has 1 N–H and O–H groups in total. The summed E-state index contributed by atoms with van der Waals surface area (Å²) in [5, 5.41) is 2.87. The summed E-state index contributed by atoms with van der Waals surface area (Å²) >= 11 is 0. The Hall–Kier alpha value is -1.76. The molecule has 0 aliphatic carbocycles. The van der Waals surface area contributed by atoms with Crippen LogP contribution in [-0.4, -0.2) is 36.4 Å². The summed E-state index contributed by atoms with van der Waals surface area (Å²) in [6.07, 6.45) is -5.17. The lowest BCUT2D eigenvalue weighted by atomic mass is 10.1. The summed E-state index contributed by atoms with van der Waals surface area (Å²) in [4.78, 5) is 11.7. The zero-order chi connectivity index (χ0) is 15.3. The first-order valence-corrected chi connectivity index (χ1v) is 6.76. The van der Waals surface area contributed by atoms with Gasteiger partial charge in [0, 0.05) is 6.54 Å². The number of benzene rings is 1. The summed E-state index contributed by atoms with van der Waals surface area (Å²) in [6.45, 7) is 0.619. The molecular formula is C14H17F3N2O2. The third-order valence-corrected chi connectivity index (χ3v) is 3.31. The van der Waals surface area contributed by atoms with Crippen molar-refractivity contribution in [2.24, 2.45) is 0 Å². The topological polar surface area (TPSA) is 41.6 Å². The number of nitrogens with zero attached hydrogens (tertiary/aromatic N) is 1. The summed E-state index contributed by atoms with van der Waals surface area (Å²) in [6, 6.07) is 7.70. The minimum absolute atomic E-state index is 0.109. The Morgan fingerprint density at radius 3 is 2.62 bits per heavy atom. The van der Waals surface area contributed by atoms with Crippen molar-refractivity contribution in [3.05, 3.63) is 35.9 Å². The fourth-order valence-electron chi connectivity index (χ4n) is 2.30. The van der Waals surface area contributed by atoms with Crippen molar-refractivity contribution >= 4 is 6.09 Å². The highest BCUT2D eigenvalue weighted by atomic mass is 19.4. The first-order chi connectivity index (χ1) is 9.98. The predicted octanol–water partition coefficient (Wildman–Crippen LogP) is 2.90. The van der Waals surface area contributed by atoms with E-state index in [1.54, 1.807) is 30.3 Å². The van der Waals surface area contributed by atoms with Gasteiger partial charge < -0.3 is 10.1 Å². The molecule has 1 aliphatic heterocycles. The highest BCUT2D eigenvalue weighted by Crippen LogP contribution is 2.27. The fraction of sp³-hybridized carbons (Fsp3) is 0.500. The van der Waals surface area contributed by atoms with Crippen molar-refractivity contribution in [2.45, 2.75) is 31.8 Å². The van der Waals surface area contributed by atoms with Gasteiger partial charge in [0.05, 0.1) is 6.04 Å². The molecule has 116 valence electrons. The second-order valence-electron chi connectivity index (χ2n) is 4.88. The first-order valence-electron chi connectivity index (χ1n) is 6.76. The Morgan fingerprint density at radius 2 is 2.05 bits per heavy atom. The molecule has 0 radical (unpaired) electrons. The van der Waals surface area contributed by atoms with E-state index in [1.807, 2.05) is 0 Å². The molecule has 1 heterocycles. The van der Waals surface area contributed by atoms with Crippen molar-refractivity contribution < 1.29 is 22.7 Å². The number of amides is 1. The number of halogens is 3. The van der Waals surface area contributed by atoms with Crippen molar-refractivity contribution in [3.8, 4) is 0 Å². The van der Waals surface area contributed by atoms with Crippen LogP contribution in [0, 0.1) is 0 Å². The van der Waals surface area contributed by atoms with Gasteiger partial charge >= 0.3 is 12.4 Å². The number of hydrogen-bond donors (Lipinski definition) is 1. The molecular weight excluding hydrogens is 285 g/mol. The minimum atomic E-state index is -4.74. The van der Waals surface area contributed by atoms with Crippen molar-refractivity contribution in [3.63, 3.8) is 0 Å². The van der Waals surface area contributed by atoms with Gasteiger partial charge in [-0.3, -0.25) is 0 Å². The summed E-state index contributed by atoms with van der Waals surface area (Å²) in [7, 11) is 0. The molecule has 1 saturated heterocycles. The zero-order valence-electron chi connectivity index (χ0n) is 11.4. The Balaban J connectivity index is 2.00. The SMILES string of the molecule is O=C(OCc1ccccc1)N([C@H]1CCCNC1)C(F)(F)F. The van der Waals surface area contributed by atoms with E-state index in [-0.39, 0.29) is 18.1 Å². The number of hydrogen-bond acceptors (Lipinski definition) is 3. The van der Waals surface area contributed by atoms with Crippen LogP contribution >= 0.6 is 0 Å². The lowest BCUT2D eigenvalue weighted by Crippen LogP contribution is -2.55. The normalized spacial score (nSPS) is 19.1. The number of alkyl halides is 3. The van der Waals surface area contributed by atoms with Crippen LogP contribution < -0.4 is 5.32 Å². The van der Waals surface area contributed by atoms with E-state index in [4.69, 9.17) is 4.74 Å². The molecule has 0 bridgehead atoms. The first kappa shape index (κ1) is 15.6. The molecule has 2 rings (SSSR count). The number of piperidine rings is 1. The third kappa shape index (κ3) is 4.35. The maximum Gasteiger partial charge on any atom is 0.490 e. The standard InChI is InChI=1S/C14H17F3N2O2/c15-14(16,17)19(12-7-4-8-18-9-12)13(20)21-10-11-5-2-1-3-6-11/h1-3,5-6,12,18H,4,7-10H2/t12-/m0/s1. The molecule has 21 heavy (non-hydrogen) atoms. The van der Waals surface area contributed by atoms with Crippen LogP contribution in [0.3, 0.4) is 0 Å². The smallest absolute Gasteiger partial charge is 0.444 e. The van der Waals surface area contributed by atoms with Crippen molar-refractivity contribution in [1.82, 2.24) is 10.2 Å². The predicted molar refractivity (Wildman–Crippen MR) is 70.4 cm³/mol. The van der Waals surface area contributed by atoms with Crippen LogP contribution in [0.1, 0.15) is 18.4 Å². The number of rotatable bonds is 3. The summed E-state index contributed by atoms with van der Waals surface area (Å²) in [5.74, 6) is 0. The van der Waals surface area contributed by atoms with E-state index < -0.39 is 18.4 Å². The van der Waals surface area contributed by atoms with E-state index >= 15 is 0 Å². The molecule has 4 nitrogen and oxygen atoms in total. The van der Waals surface area contributed by atoms with E-state index in [9.17, 15) is 18.0 Å². The minimum Gasteiger partial charge on any atom is -0.444 e. The van der Waals surface area contributed by atoms with Gasteiger partial charge in [-0.1, -0.05) is 30.3 Å². The van der Waals surface area contributed by atoms with Gasteiger partial charge in [0.25, 0.3) is 0 Å². The molecule has 1 atom stereocenters. The Labute approximate surface area is 120 Å². The zero-order valence-corrected chi connectivity index (χ0v) is 11.4. The number of carbonyl (C=O) groups excluding carboxylic acids is 1. The maximum atomic E-state index is 13.1. The van der Waals surface area contributed by atoms with Crippen LogP contribution in [-0.2, 0) is 11.3 Å². The van der Waals surface area contributed by atoms with E-state index in [0.717, 1.165) is 0 Å². The lowest BCUT2D eigenvalue weighted by Gasteiger charge is -2.34. The molecule has 1 fully saturated rings. The van der Waals surface area contributed by atoms with Gasteiger partial charge in [0.15, 0.2) is 0 Å². The summed E-state index contributed by atoms with van der Waals surface area (Å²) < 4.78 is 44.0. The maximum absolute atomic E-state index is 13.1. The van der Waals surface area contributed by atoms with Gasteiger partial charge in [-0.15, -0.1) is 13.2 Å². The highest BCUT2D eigenvalue weighted by molar-refractivity contribution is 5.68. The molecule has 1 aliphatic rings. The van der Waals surface area contributed by atoms with Gasteiger partial charge in [-0.05, 0) is 24.9 Å². The molecule has 0 unspecified atom stereocenters. The van der Waals surface area contributed by atoms with Crippen LogP contribution in [0.25, 0.3) is 0 Å². The van der Waals surface area contributed by atoms with Gasteiger partial charge in [-0.25, -0.2) is 9.69 Å². The Bertz CT molecular complexity index is 459. The quantitative estimate of drug-likeness (QED) is 0.873. The van der Waals surface area contributed by atoms with Crippen molar-refractivity contribution in [1.29, 1.82) is 0 Å². The van der Waals surface area contributed by atoms with Crippen LogP contribution in [0.15, 0.2) is 30.3 Å². The van der Waals surface area contributed by atoms with Crippen molar-refractivity contribution in [2.75, 3.05) is 13.1 Å². The monoisotopic (exact) mass is 302 g/mol. The molecule has 0 aromatic heterocycles. The van der Waals surface area contributed by atoms with Crippen LogP contribution in [0.5, 0.6) is 0 Å². The van der Waals surface area contributed by atoms with E-state index in [1.165, 1.54) is 0 Å². The molecule has 1 amide bonds. The molecule has 7 heteroatoms. The summed E-state index contributed by atoms with van der Waals surface area (Å²) in [5.41, 5.74) is 0.648. The number of ether oxygens (including phenoxy) is 1. The van der Waals surface area contributed by atoms with E-state index in [2.05, 4.69) is 5.32 Å². The third-order valence-electron chi connectivity index (χ3n) is 3.31. The van der Waals surface area contributed by atoms with Gasteiger partial charge in [0.2, 0.25) is 0 Å². The van der Waals surface area contributed by atoms with E-state index in [0.29, 0.717) is 24.9 Å². The molecule has 1 aromatic rings. The molecule has 0 saturated carbocycles. The second-order valence-corrected chi connectivity index (χ2v) is 4.88. The Morgan fingerprint density at radius 1 is 1.33 bits per heavy atom. The lowest BCUT2D eigenvalue weighted by molar-refractivity contribution is -0.243. The fourth-order valence-corrected chi connectivity index (χ4v) is 2.30. The van der Waals surface area contributed by atoms with Crippen LogP contribution in [0.4, 0.5) is 18.0 Å². The number of nitrogens with one attached hydrogen (secondary N) is 1. The average molecular weight is 302 g/mol.